The number of nitrogens with two attached hydrogens (primary N) is 1. The van der Waals surface area contributed by atoms with E-state index < -0.39 is 10.9 Å². The van der Waals surface area contributed by atoms with Crippen molar-refractivity contribution >= 4 is 17.3 Å². The van der Waals surface area contributed by atoms with Crippen molar-refractivity contribution in [3.63, 3.8) is 0 Å². The van der Waals surface area contributed by atoms with Crippen molar-refractivity contribution < 1.29 is 19.2 Å². The highest BCUT2D eigenvalue weighted by Gasteiger charge is 2.00. The number of nitro benzene ring substituents is 1. The zero-order valence-corrected chi connectivity index (χ0v) is 8.55. The molecular formula is C9H11FN2O4. The summed E-state index contributed by atoms with van der Waals surface area (Å²) in [6, 6.07) is 5.74. The molecule has 7 heteroatoms. The highest BCUT2D eigenvalue weighted by Crippen LogP contribution is 2.11. The van der Waals surface area contributed by atoms with Gasteiger partial charge in [0.1, 0.15) is 0 Å². The number of carbonyl (C=O) groups excluding carboxylic acids is 1. The summed E-state index contributed by atoms with van der Waals surface area (Å²) in [4.78, 5) is 22.0. The minimum Gasteiger partial charge on any atom is -0.399 e. The van der Waals surface area contributed by atoms with E-state index in [1.54, 1.807) is 0 Å². The Bertz CT molecular complexity index is 347. The number of nitrogens with zero attached hydrogens (tertiary/aromatic N) is 1. The fourth-order valence-corrected chi connectivity index (χ4v) is 0.651. The van der Waals surface area contributed by atoms with Crippen LogP contribution < -0.4 is 5.73 Å². The van der Waals surface area contributed by atoms with Crippen LogP contribution in [0.2, 0.25) is 0 Å². The van der Waals surface area contributed by atoms with Crippen LogP contribution in [-0.2, 0) is 9.74 Å². The van der Waals surface area contributed by atoms with Crippen LogP contribution in [0.25, 0.3) is 0 Å². The van der Waals surface area contributed by atoms with Crippen molar-refractivity contribution in [3.8, 4) is 0 Å². The van der Waals surface area contributed by atoms with Gasteiger partial charge in [-0.05, 0) is 12.1 Å². The van der Waals surface area contributed by atoms with Gasteiger partial charge in [-0.25, -0.2) is 4.79 Å². The van der Waals surface area contributed by atoms with E-state index in [9.17, 15) is 19.4 Å². The van der Waals surface area contributed by atoms with Crippen molar-refractivity contribution in [1.82, 2.24) is 0 Å². The first-order valence-corrected chi connectivity index (χ1v) is 4.32. The van der Waals surface area contributed by atoms with Gasteiger partial charge in [-0.2, -0.15) is 0 Å². The van der Waals surface area contributed by atoms with Gasteiger partial charge in [0.25, 0.3) is 5.69 Å². The first kappa shape index (κ1) is 13.8. The molecule has 1 aromatic rings. The molecule has 88 valence electrons. The molecule has 0 fully saturated rings. The molecule has 0 aliphatic heterocycles. The van der Waals surface area contributed by atoms with Gasteiger partial charge in [-0.1, -0.05) is 6.92 Å². The predicted octanol–water partition coefficient (Wildman–Crippen LogP) is 2.00. The molecule has 0 saturated carbocycles. The number of non-ortho nitro benzene ring substituents is 1. The van der Waals surface area contributed by atoms with Crippen molar-refractivity contribution in [3.05, 3.63) is 34.4 Å². The summed E-state index contributed by atoms with van der Waals surface area (Å²) in [6.07, 6.45) is 0.0938. The fraction of sp³-hybridized carbons (Fsp3) is 0.222. The van der Waals surface area contributed by atoms with Gasteiger partial charge in [0, 0.05) is 28.8 Å². The van der Waals surface area contributed by atoms with E-state index in [2.05, 4.69) is 4.94 Å². The maximum absolute atomic E-state index is 10.5. The predicted molar refractivity (Wildman–Crippen MR) is 55.0 cm³/mol. The molecule has 1 rings (SSSR count). The van der Waals surface area contributed by atoms with Crippen LogP contribution in [0.3, 0.4) is 0 Å². The number of anilines is 1. The lowest BCUT2D eigenvalue weighted by Crippen LogP contribution is -1.91. The van der Waals surface area contributed by atoms with Crippen LogP contribution in [0.5, 0.6) is 0 Å². The molecule has 0 saturated heterocycles. The molecule has 0 atom stereocenters. The normalized spacial score (nSPS) is 8.62. The molecule has 0 heterocycles. The summed E-state index contributed by atoms with van der Waals surface area (Å²) in [5, 5.41) is 10.1. The number of nitro groups is 1. The van der Waals surface area contributed by atoms with Crippen LogP contribution in [0.1, 0.15) is 13.3 Å². The van der Waals surface area contributed by atoms with Crippen LogP contribution in [-0.4, -0.2) is 10.9 Å². The van der Waals surface area contributed by atoms with E-state index >= 15 is 0 Å². The van der Waals surface area contributed by atoms with Gasteiger partial charge >= 0.3 is 5.97 Å². The van der Waals surface area contributed by atoms with Gasteiger partial charge in [0.15, 0.2) is 0 Å². The lowest BCUT2D eigenvalue weighted by Gasteiger charge is -1.90. The molecule has 0 amide bonds. The molecule has 6 nitrogen and oxygen atoms in total. The summed E-state index contributed by atoms with van der Waals surface area (Å²) in [5.74, 6) is -0.824. The standard InChI is InChI=1S/C6H6N2O2.C3H5FO2/c7-5-1-3-6(4-2-5)8(9)10;1-2-3(5)6-4/h1-4H,7H2;2H2,1H3. The molecule has 0 bridgehead atoms. The monoisotopic (exact) mass is 230 g/mol. The highest BCUT2D eigenvalue weighted by atomic mass is 19.3. The molecule has 0 aliphatic rings. The molecule has 16 heavy (non-hydrogen) atoms. The van der Waals surface area contributed by atoms with E-state index in [1.807, 2.05) is 0 Å². The SMILES string of the molecule is CCC(=O)OF.Nc1ccc([N+](=O)[O-])cc1. The van der Waals surface area contributed by atoms with Gasteiger partial charge in [0.05, 0.1) is 4.92 Å². The molecule has 0 spiro atoms. The molecule has 1 aromatic carbocycles. The Morgan fingerprint density at radius 2 is 2.00 bits per heavy atom. The summed E-state index contributed by atoms with van der Waals surface area (Å²) in [5.41, 5.74) is 5.90. The van der Waals surface area contributed by atoms with Crippen LogP contribution in [0.4, 0.5) is 15.9 Å². The minimum atomic E-state index is -0.824. The summed E-state index contributed by atoms with van der Waals surface area (Å²) in [6.45, 7) is 1.52. The maximum atomic E-state index is 10.5. The Balaban J connectivity index is 0.000000325. The zero-order chi connectivity index (χ0) is 12.6. The van der Waals surface area contributed by atoms with Crippen LogP contribution in [0.15, 0.2) is 24.3 Å². The van der Waals surface area contributed by atoms with E-state index in [4.69, 9.17) is 5.73 Å². The Morgan fingerprint density at radius 1 is 1.50 bits per heavy atom. The molecule has 2 N–H and O–H groups in total. The van der Waals surface area contributed by atoms with Gasteiger partial charge < -0.3 is 5.73 Å². The first-order valence-electron chi connectivity index (χ1n) is 4.32. The summed E-state index contributed by atoms with van der Waals surface area (Å²) >= 11 is 0. The average Bonchev–Trinajstić information content (AvgIpc) is 2.29. The number of hydrogen-bond acceptors (Lipinski definition) is 5. The summed E-state index contributed by atoms with van der Waals surface area (Å²) in [7, 11) is 0. The number of rotatable bonds is 2. The van der Waals surface area contributed by atoms with Crippen LogP contribution >= 0.6 is 0 Å². The van der Waals surface area contributed by atoms with E-state index in [-0.39, 0.29) is 12.1 Å². The molecule has 0 radical (unpaired) electrons. The molecule has 0 aromatic heterocycles. The fourth-order valence-electron chi connectivity index (χ4n) is 0.651. The van der Waals surface area contributed by atoms with Gasteiger partial charge in [-0.15, -0.1) is 0 Å². The molecular weight excluding hydrogens is 219 g/mol. The quantitative estimate of drug-likeness (QED) is 0.476. The lowest BCUT2D eigenvalue weighted by atomic mass is 10.3. The number of benzene rings is 1. The Labute approximate surface area is 90.9 Å². The lowest BCUT2D eigenvalue weighted by molar-refractivity contribution is -0.384. The Hall–Kier alpha value is -2.18. The molecule has 0 aliphatic carbocycles. The minimum absolute atomic E-state index is 0.0641. The number of carbonyl (C=O) groups is 1. The van der Waals surface area contributed by atoms with Crippen molar-refractivity contribution in [1.29, 1.82) is 0 Å². The number of hydrogen-bond donors (Lipinski definition) is 1. The van der Waals surface area contributed by atoms with E-state index in [0.29, 0.717) is 5.69 Å². The topological polar surface area (TPSA) is 95.5 Å². The third-order valence-electron chi connectivity index (χ3n) is 1.48. The summed E-state index contributed by atoms with van der Waals surface area (Å²) < 4.78 is 10.5. The number of nitrogen functional groups attached to an aromatic ring is 1. The van der Waals surface area contributed by atoms with Crippen molar-refractivity contribution in [2.45, 2.75) is 13.3 Å². The molecule has 0 unspecified atom stereocenters. The highest BCUT2D eigenvalue weighted by molar-refractivity contribution is 5.67. The third kappa shape index (κ3) is 5.53. The third-order valence-corrected chi connectivity index (χ3v) is 1.48. The Kier molecular flexibility index (Phi) is 6.18. The van der Waals surface area contributed by atoms with Gasteiger partial charge in [0.2, 0.25) is 0 Å². The number of halogens is 1. The second kappa shape index (κ2) is 7.16. The van der Waals surface area contributed by atoms with E-state index in [0.717, 1.165) is 0 Å². The first-order chi connectivity index (χ1) is 7.51. The van der Waals surface area contributed by atoms with Gasteiger partial charge in [-0.3, -0.25) is 15.1 Å². The van der Waals surface area contributed by atoms with Crippen molar-refractivity contribution in [2.24, 2.45) is 0 Å². The largest absolute Gasteiger partial charge is 0.399 e. The second-order valence-corrected chi connectivity index (χ2v) is 2.65. The average molecular weight is 230 g/mol. The Morgan fingerprint density at radius 3 is 2.25 bits per heavy atom. The van der Waals surface area contributed by atoms with Crippen molar-refractivity contribution in [2.75, 3.05) is 5.73 Å². The van der Waals surface area contributed by atoms with Crippen LogP contribution in [0, 0.1) is 10.1 Å². The zero-order valence-electron chi connectivity index (χ0n) is 8.55. The van der Waals surface area contributed by atoms with E-state index in [1.165, 1.54) is 31.2 Å². The second-order valence-electron chi connectivity index (χ2n) is 2.65. The smallest absolute Gasteiger partial charge is 0.348 e. The maximum Gasteiger partial charge on any atom is 0.348 e.